The van der Waals surface area contributed by atoms with Gasteiger partial charge in [-0.05, 0) is 61.9 Å². The van der Waals surface area contributed by atoms with Crippen LogP contribution in [0.2, 0.25) is 0 Å². The summed E-state index contributed by atoms with van der Waals surface area (Å²) in [6, 6.07) is 16.5. The fraction of sp³-hybridized carbons (Fsp3) is 0.364. The number of nitrogens with one attached hydrogen (secondary N) is 2. The number of amides is 1. The van der Waals surface area contributed by atoms with Gasteiger partial charge in [-0.1, -0.05) is 48.5 Å². The quantitative estimate of drug-likeness (QED) is 0.581. The van der Waals surface area contributed by atoms with Crippen LogP contribution in [0.5, 0.6) is 0 Å². The van der Waals surface area contributed by atoms with Crippen molar-refractivity contribution in [1.82, 2.24) is 25.9 Å². The number of unbranched alkanes of at least 4 members (excludes halogenated alkanes) is 1. The van der Waals surface area contributed by atoms with Crippen molar-refractivity contribution in [2.24, 2.45) is 0 Å². The summed E-state index contributed by atoms with van der Waals surface area (Å²) < 4.78 is 5.23. The first-order chi connectivity index (χ1) is 13.9. The molecule has 2 aromatic carbocycles. The molecule has 0 spiro atoms. The molecular formula is C22H27N5O2. The van der Waals surface area contributed by atoms with Crippen LogP contribution in [0, 0.1) is 0 Å². The number of carbonyl (C=O) groups excluding carboxylic acids is 1. The zero-order valence-corrected chi connectivity index (χ0v) is 17.1. The van der Waals surface area contributed by atoms with Crippen LogP contribution >= 0.6 is 0 Å². The Kier molecular flexibility index (Phi) is 6.59. The minimum absolute atomic E-state index is 0.359. The van der Waals surface area contributed by atoms with Gasteiger partial charge in [0, 0.05) is 12.1 Å². The zero-order chi connectivity index (χ0) is 20.7. The third-order valence-corrected chi connectivity index (χ3v) is 4.34. The predicted molar refractivity (Wildman–Crippen MR) is 112 cm³/mol. The second-order valence-corrected chi connectivity index (χ2v) is 7.86. The van der Waals surface area contributed by atoms with Gasteiger partial charge in [0.25, 0.3) is 0 Å². The molecule has 0 aliphatic heterocycles. The molecule has 0 aliphatic carbocycles. The molecule has 3 aromatic rings. The van der Waals surface area contributed by atoms with Crippen molar-refractivity contribution >= 4 is 6.09 Å². The molecule has 3 rings (SSSR count). The number of carbonyl (C=O) groups is 1. The monoisotopic (exact) mass is 393 g/mol. The molecule has 0 aliphatic rings. The summed E-state index contributed by atoms with van der Waals surface area (Å²) in [7, 11) is 0. The second-order valence-electron chi connectivity index (χ2n) is 7.86. The lowest BCUT2D eigenvalue weighted by atomic mass is 9.97. The number of alkyl carbamates (subject to hydrolysis) is 1. The Morgan fingerprint density at radius 3 is 2.41 bits per heavy atom. The van der Waals surface area contributed by atoms with E-state index in [1.54, 1.807) is 0 Å². The lowest BCUT2D eigenvalue weighted by Gasteiger charge is -2.19. The summed E-state index contributed by atoms with van der Waals surface area (Å²) >= 11 is 0. The molecule has 0 saturated carbocycles. The molecule has 0 fully saturated rings. The van der Waals surface area contributed by atoms with Crippen LogP contribution in [0.25, 0.3) is 22.5 Å². The highest BCUT2D eigenvalue weighted by molar-refractivity contribution is 5.80. The highest BCUT2D eigenvalue weighted by atomic mass is 16.6. The van der Waals surface area contributed by atoms with Gasteiger partial charge in [-0.2, -0.15) is 5.21 Å². The third-order valence-electron chi connectivity index (χ3n) is 4.34. The summed E-state index contributed by atoms with van der Waals surface area (Å²) in [5, 5.41) is 17.1. The van der Waals surface area contributed by atoms with E-state index in [4.69, 9.17) is 4.74 Å². The Morgan fingerprint density at radius 1 is 1.03 bits per heavy atom. The number of ether oxygens (including phenoxy) is 1. The average Bonchev–Trinajstić information content (AvgIpc) is 3.21. The zero-order valence-electron chi connectivity index (χ0n) is 17.1. The molecule has 0 saturated heterocycles. The largest absolute Gasteiger partial charge is 0.444 e. The van der Waals surface area contributed by atoms with E-state index >= 15 is 0 Å². The molecule has 1 heterocycles. The van der Waals surface area contributed by atoms with Crippen LogP contribution in [-0.4, -0.2) is 38.9 Å². The van der Waals surface area contributed by atoms with Crippen LogP contribution in [0.4, 0.5) is 4.79 Å². The molecule has 0 radical (unpaired) electrons. The Bertz CT molecular complexity index is 915. The molecule has 1 amide bonds. The maximum atomic E-state index is 11.6. The highest BCUT2D eigenvalue weighted by Crippen LogP contribution is 2.29. The molecule has 1 aromatic heterocycles. The van der Waals surface area contributed by atoms with Gasteiger partial charge in [-0.15, -0.1) is 10.2 Å². The molecule has 7 heteroatoms. The van der Waals surface area contributed by atoms with Crippen molar-refractivity contribution in [2.45, 2.75) is 45.6 Å². The Hall–Kier alpha value is -3.22. The highest BCUT2D eigenvalue weighted by Gasteiger charge is 2.15. The molecular weight excluding hydrogens is 366 g/mol. The molecule has 7 nitrogen and oxygen atoms in total. The van der Waals surface area contributed by atoms with Gasteiger partial charge in [0.15, 0.2) is 0 Å². The molecule has 2 N–H and O–H groups in total. The van der Waals surface area contributed by atoms with Gasteiger partial charge in [-0.25, -0.2) is 4.79 Å². The smallest absolute Gasteiger partial charge is 0.407 e. The minimum Gasteiger partial charge on any atom is -0.444 e. The average molecular weight is 393 g/mol. The van der Waals surface area contributed by atoms with E-state index in [9.17, 15) is 4.79 Å². The summed E-state index contributed by atoms with van der Waals surface area (Å²) in [6.07, 6.45) is 2.50. The van der Waals surface area contributed by atoms with Crippen LogP contribution in [0.15, 0.2) is 48.5 Å². The van der Waals surface area contributed by atoms with Crippen LogP contribution in [0.3, 0.4) is 0 Å². The number of nitrogens with zero attached hydrogens (tertiary/aromatic N) is 3. The number of H-pyrrole nitrogens is 1. The minimum atomic E-state index is -0.464. The van der Waals surface area contributed by atoms with Crippen molar-refractivity contribution in [2.75, 3.05) is 6.54 Å². The predicted octanol–water partition coefficient (Wildman–Crippen LogP) is 4.38. The van der Waals surface area contributed by atoms with Crippen LogP contribution in [-0.2, 0) is 11.2 Å². The van der Waals surface area contributed by atoms with Crippen LogP contribution < -0.4 is 5.32 Å². The van der Waals surface area contributed by atoms with Gasteiger partial charge < -0.3 is 10.1 Å². The topological polar surface area (TPSA) is 92.8 Å². The van der Waals surface area contributed by atoms with E-state index in [0.29, 0.717) is 12.4 Å². The van der Waals surface area contributed by atoms with Crippen molar-refractivity contribution in [1.29, 1.82) is 0 Å². The van der Waals surface area contributed by atoms with E-state index in [0.717, 1.165) is 36.0 Å². The van der Waals surface area contributed by atoms with Crippen molar-refractivity contribution < 1.29 is 9.53 Å². The third kappa shape index (κ3) is 6.14. The Labute approximate surface area is 170 Å². The van der Waals surface area contributed by atoms with E-state index in [1.165, 1.54) is 5.56 Å². The van der Waals surface area contributed by atoms with Crippen molar-refractivity contribution in [3.8, 4) is 22.5 Å². The van der Waals surface area contributed by atoms with Crippen molar-refractivity contribution in [3.63, 3.8) is 0 Å². The first kappa shape index (κ1) is 20.5. The summed E-state index contributed by atoms with van der Waals surface area (Å²) in [4.78, 5) is 11.6. The first-order valence-corrected chi connectivity index (χ1v) is 9.81. The number of aryl methyl sites for hydroxylation is 1. The van der Waals surface area contributed by atoms with Gasteiger partial charge in [-0.3, -0.25) is 0 Å². The molecule has 0 unspecified atom stereocenters. The summed E-state index contributed by atoms with van der Waals surface area (Å²) in [5.74, 6) is 0.585. The van der Waals surface area contributed by atoms with E-state index < -0.39 is 5.60 Å². The number of benzene rings is 2. The molecule has 0 bridgehead atoms. The number of aromatic nitrogens is 4. The van der Waals surface area contributed by atoms with E-state index in [1.807, 2.05) is 39.0 Å². The lowest BCUT2D eigenvalue weighted by molar-refractivity contribution is 0.0527. The van der Waals surface area contributed by atoms with E-state index in [2.05, 4.69) is 56.3 Å². The SMILES string of the molecule is CC(C)(C)OC(=O)NCCCCc1ccc(-c2ccccc2-c2nn[nH]n2)cc1. The number of tetrazole rings is 1. The Morgan fingerprint density at radius 2 is 1.76 bits per heavy atom. The number of hydrogen-bond donors (Lipinski definition) is 2. The number of rotatable bonds is 7. The normalized spacial score (nSPS) is 11.3. The van der Waals surface area contributed by atoms with Gasteiger partial charge in [0.1, 0.15) is 5.60 Å². The maximum Gasteiger partial charge on any atom is 0.407 e. The van der Waals surface area contributed by atoms with Gasteiger partial charge in [0.05, 0.1) is 0 Å². The summed E-state index contributed by atoms with van der Waals surface area (Å²) in [5.41, 5.74) is 3.93. The molecule has 152 valence electrons. The Balaban J connectivity index is 1.51. The fourth-order valence-electron chi connectivity index (χ4n) is 3.02. The number of aromatic amines is 1. The van der Waals surface area contributed by atoms with Gasteiger partial charge >= 0.3 is 6.09 Å². The fourth-order valence-corrected chi connectivity index (χ4v) is 3.02. The first-order valence-electron chi connectivity index (χ1n) is 9.81. The lowest BCUT2D eigenvalue weighted by Crippen LogP contribution is -2.33. The maximum absolute atomic E-state index is 11.6. The molecule has 0 atom stereocenters. The van der Waals surface area contributed by atoms with Crippen molar-refractivity contribution in [3.05, 3.63) is 54.1 Å². The molecule has 29 heavy (non-hydrogen) atoms. The summed E-state index contributed by atoms with van der Waals surface area (Å²) in [6.45, 7) is 6.19. The van der Waals surface area contributed by atoms with E-state index in [-0.39, 0.29) is 6.09 Å². The van der Waals surface area contributed by atoms with Gasteiger partial charge in [0.2, 0.25) is 5.82 Å². The second kappa shape index (κ2) is 9.32. The standard InChI is InChI=1S/C22H27N5O2/c1-22(2,3)29-21(28)23-15-7-6-8-16-11-13-17(14-12-16)18-9-4-5-10-19(18)20-24-26-27-25-20/h4-5,9-14H,6-8,15H2,1-3H3,(H,23,28)(H,24,25,26,27). The number of hydrogen-bond acceptors (Lipinski definition) is 5. The van der Waals surface area contributed by atoms with Crippen LogP contribution in [0.1, 0.15) is 39.2 Å².